The summed E-state index contributed by atoms with van der Waals surface area (Å²) in [5.41, 5.74) is 0. The van der Waals surface area contributed by atoms with Crippen LogP contribution in [-0.4, -0.2) is 64.3 Å². The number of amides is 2. The summed E-state index contributed by atoms with van der Waals surface area (Å²) in [5, 5.41) is 18.1. The van der Waals surface area contributed by atoms with Crippen LogP contribution in [0.5, 0.6) is 0 Å². The van der Waals surface area contributed by atoms with Crippen molar-refractivity contribution in [3.8, 4) is 0 Å². The van der Waals surface area contributed by atoms with Gasteiger partial charge in [0, 0.05) is 13.1 Å². The van der Waals surface area contributed by atoms with Crippen molar-refractivity contribution in [2.24, 2.45) is 5.92 Å². The lowest BCUT2D eigenvalue weighted by atomic mass is 10.2. The molecule has 2 aliphatic rings. The summed E-state index contributed by atoms with van der Waals surface area (Å²) in [5.74, 6) is -0.521. The van der Waals surface area contributed by atoms with Gasteiger partial charge in [-0.05, 0) is 31.6 Å². The largest absolute Gasteiger partial charge is 0.480 e. The number of rotatable bonds is 5. The molecule has 2 rings (SSSR count). The van der Waals surface area contributed by atoms with Crippen LogP contribution < -0.4 is 0 Å². The number of hydrogen-bond acceptors (Lipinski definition) is 3. The zero-order chi connectivity index (χ0) is 13.1. The number of hydrogen-bond donors (Lipinski definition) is 2. The molecule has 0 aromatic carbocycles. The molecule has 0 bridgehead atoms. The third-order valence-electron chi connectivity index (χ3n) is 3.61. The summed E-state index contributed by atoms with van der Waals surface area (Å²) in [7, 11) is 0. The zero-order valence-corrected chi connectivity index (χ0v) is 10.4. The maximum absolute atomic E-state index is 12.3. The molecule has 1 heterocycles. The van der Waals surface area contributed by atoms with Crippen molar-refractivity contribution < 1.29 is 19.8 Å². The second kappa shape index (κ2) is 5.56. The van der Waals surface area contributed by atoms with Crippen LogP contribution >= 0.6 is 0 Å². The highest BCUT2D eigenvalue weighted by Gasteiger charge is 2.34. The Morgan fingerprint density at radius 1 is 1.28 bits per heavy atom. The van der Waals surface area contributed by atoms with Crippen LogP contribution in [0.1, 0.15) is 25.7 Å². The van der Waals surface area contributed by atoms with Gasteiger partial charge in [-0.1, -0.05) is 0 Å². The average molecular weight is 256 g/mol. The third kappa shape index (κ3) is 3.13. The van der Waals surface area contributed by atoms with Gasteiger partial charge in [-0.25, -0.2) is 4.79 Å². The second-order valence-corrected chi connectivity index (χ2v) is 5.17. The molecule has 2 fully saturated rings. The molecule has 18 heavy (non-hydrogen) atoms. The van der Waals surface area contributed by atoms with Crippen molar-refractivity contribution in [3.05, 3.63) is 0 Å². The number of carboxylic acid groups (broad SMARTS) is 1. The van der Waals surface area contributed by atoms with Gasteiger partial charge in [0.25, 0.3) is 0 Å². The molecule has 102 valence electrons. The summed E-state index contributed by atoms with van der Waals surface area (Å²) in [6.07, 6.45) is 3.83. The molecule has 6 heteroatoms. The molecule has 2 N–H and O–H groups in total. The van der Waals surface area contributed by atoms with E-state index in [-0.39, 0.29) is 25.2 Å². The fraction of sp³-hybridized carbons (Fsp3) is 0.833. The molecule has 1 aliphatic carbocycles. The molecule has 0 radical (unpaired) electrons. The number of carbonyl (C=O) groups is 2. The number of nitrogens with zero attached hydrogens (tertiary/aromatic N) is 2. The van der Waals surface area contributed by atoms with E-state index >= 15 is 0 Å². The lowest BCUT2D eigenvalue weighted by molar-refractivity contribution is -0.137. The van der Waals surface area contributed by atoms with Gasteiger partial charge in [0.1, 0.15) is 6.54 Å². The van der Waals surface area contributed by atoms with E-state index in [1.807, 2.05) is 0 Å². The highest BCUT2D eigenvalue weighted by molar-refractivity contribution is 5.80. The number of aliphatic hydroxyl groups is 1. The van der Waals surface area contributed by atoms with Crippen LogP contribution in [0.25, 0.3) is 0 Å². The van der Waals surface area contributed by atoms with Gasteiger partial charge in [0.15, 0.2) is 0 Å². The van der Waals surface area contributed by atoms with E-state index in [1.165, 1.54) is 4.90 Å². The summed E-state index contributed by atoms with van der Waals surface area (Å²) in [6, 6.07) is -0.381. The molecule has 1 atom stereocenters. The maximum atomic E-state index is 12.3. The number of aliphatic hydroxyl groups excluding tert-OH is 1. The van der Waals surface area contributed by atoms with Gasteiger partial charge in [-0.3, -0.25) is 4.79 Å². The minimum atomic E-state index is -0.983. The van der Waals surface area contributed by atoms with Gasteiger partial charge in [0.05, 0.1) is 12.6 Å². The Hall–Kier alpha value is -1.30. The Labute approximate surface area is 106 Å². The number of carboxylic acids is 1. The summed E-state index contributed by atoms with van der Waals surface area (Å²) in [6.45, 7) is 0.852. The van der Waals surface area contributed by atoms with Crippen LogP contribution in [0.2, 0.25) is 0 Å². The van der Waals surface area contributed by atoms with E-state index in [9.17, 15) is 14.7 Å². The summed E-state index contributed by atoms with van der Waals surface area (Å²) < 4.78 is 0. The SMILES string of the molecule is O=C(O)CN(CC1CC1)C(=O)N1CCCC1CO. The first-order chi connectivity index (χ1) is 8.61. The van der Waals surface area contributed by atoms with E-state index in [0.717, 1.165) is 25.7 Å². The van der Waals surface area contributed by atoms with E-state index < -0.39 is 5.97 Å². The molecule has 0 aromatic rings. The smallest absolute Gasteiger partial charge is 0.323 e. The van der Waals surface area contributed by atoms with Gasteiger partial charge in [0.2, 0.25) is 0 Å². The fourth-order valence-corrected chi connectivity index (χ4v) is 2.44. The molecule has 0 aromatic heterocycles. The Balaban J connectivity index is 1.98. The first-order valence-electron chi connectivity index (χ1n) is 6.50. The van der Waals surface area contributed by atoms with Gasteiger partial charge >= 0.3 is 12.0 Å². The van der Waals surface area contributed by atoms with Crippen LogP contribution in [0.4, 0.5) is 4.79 Å². The molecule has 1 saturated carbocycles. The van der Waals surface area contributed by atoms with Crippen molar-refractivity contribution in [1.82, 2.24) is 9.80 Å². The van der Waals surface area contributed by atoms with E-state index in [0.29, 0.717) is 19.0 Å². The van der Waals surface area contributed by atoms with Crippen LogP contribution in [0.15, 0.2) is 0 Å². The number of likely N-dealkylation sites (tertiary alicyclic amines) is 1. The van der Waals surface area contributed by atoms with Crippen molar-refractivity contribution in [3.63, 3.8) is 0 Å². The second-order valence-electron chi connectivity index (χ2n) is 5.17. The Bertz CT molecular complexity index is 330. The highest BCUT2D eigenvalue weighted by atomic mass is 16.4. The Kier molecular flexibility index (Phi) is 4.06. The molecule has 0 spiro atoms. The number of urea groups is 1. The maximum Gasteiger partial charge on any atom is 0.323 e. The van der Waals surface area contributed by atoms with Crippen LogP contribution in [0, 0.1) is 5.92 Å². The fourth-order valence-electron chi connectivity index (χ4n) is 2.44. The highest BCUT2D eigenvalue weighted by Crippen LogP contribution is 2.30. The zero-order valence-electron chi connectivity index (χ0n) is 10.4. The lowest BCUT2D eigenvalue weighted by Crippen LogP contribution is -2.48. The van der Waals surface area contributed by atoms with Gasteiger partial charge < -0.3 is 20.0 Å². The van der Waals surface area contributed by atoms with E-state index in [2.05, 4.69) is 0 Å². The van der Waals surface area contributed by atoms with Crippen LogP contribution in [0.3, 0.4) is 0 Å². The van der Waals surface area contributed by atoms with Crippen molar-refractivity contribution in [2.45, 2.75) is 31.7 Å². The molecule has 1 unspecified atom stereocenters. The molecule has 1 saturated heterocycles. The molecular weight excluding hydrogens is 236 g/mol. The Morgan fingerprint density at radius 2 is 2.00 bits per heavy atom. The number of aliphatic carboxylic acids is 1. The predicted molar refractivity (Wildman–Crippen MR) is 64.1 cm³/mol. The minimum absolute atomic E-state index is 0.0456. The van der Waals surface area contributed by atoms with Crippen molar-refractivity contribution in [1.29, 1.82) is 0 Å². The molecule has 2 amide bonds. The topological polar surface area (TPSA) is 81.1 Å². The van der Waals surface area contributed by atoms with Crippen LogP contribution in [-0.2, 0) is 4.79 Å². The summed E-state index contributed by atoms with van der Waals surface area (Å²) in [4.78, 5) is 26.1. The monoisotopic (exact) mass is 256 g/mol. The van der Waals surface area contributed by atoms with Crippen molar-refractivity contribution >= 4 is 12.0 Å². The van der Waals surface area contributed by atoms with Gasteiger partial charge in [-0.2, -0.15) is 0 Å². The first-order valence-corrected chi connectivity index (χ1v) is 6.50. The quantitative estimate of drug-likeness (QED) is 0.744. The predicted octanol–water partition coefficient (Wildman–Crippen LogP) is 0.360. The summed E-state index contributed by atoms with van der Waals surface area (Å²) >= 11 is 0. The van der Waals surface area contributed by atoms with Crippen molar-refractivity contribution in [2.75, 3.05) is 26.2 Å². The Morgan fingerprint density at radius 3 is 2.56 bits per heavy atom. The van der Waals surface area contributed by atoms with E-state index in [1.54, 1.807) is 4.90 Å². The normalized spacial score (nSPS) is 23.2. The molecule has 6 nitrogen and oxygen atoms in total. The third-order valence-corrected chi connectivity index (χ3v) is 3.61. The average Bonchev–Trinajstić information content (AvgIpc) is 3.01. The molecular formula is C12H20N2O4. The minimum Gasteiger partial charge on any atom is -0.480 e. The van der Waals surface area contributed by atoms with E-state index in [4.69, 9.17) is 5.11 Å². The van der Waals surface area contributed by atoms with Gasteiger partial charge in [-0.15, -0.1) is 0 Å². The first kappa shape index (κ1) is 13.1. The molecule has 1 aliphatic heterocycles. The lowest BCUT2D eigenvalue weighted by Gasteiger charge is -2.30. The standard InChI is InChI=1S/C12H20N2O4/c15-8-10-2-1-5-14(10)12(18)13(7-11(16)17)6-9-3-4-9/h9-10,15H,1-8H2,(H,16,17). The number of carbonyl (C=O) groups excluding carboxylic acids is 1.